The first kappa shape index (κ1) is 20.8. The summed E-state index contributed by atoms with van der Waals surface area (Å²) in [4.78, 5) is 0. The molecular weight excluding hydrogens is 386 g/mol. The lowest BCUT2D eigenvalue weighted by Crippen LogP contribution is -1.94. The molecule has 0 aromatic heterocycles. The number of benzene rings is 3. The van der Waals surface area contributed by atoms with Gasteiger partial charge in [-0.2, -0.15) is 0 Å². The standard InChI is InChI=1S/C26H21ClF2/c1-2-3-4-5-6-19-7-9-20(10-8-19)11-12-22-15-18-24(28)25(26(22)29)21-13-16-23(27)17-14-21/h2,7-10,13-18H,1,3-6H2. The first-order chi connectivity index (χ1) is 14.1. The van der Waals surface area contributed by atoms with Crippen LogP contribution in [0.3, 0.4) is 0 Å². The van der Waals surface area contributed by atoms with Gasteiger partial charge in [0.2, 0.25) is 0 Å². The molecule has 0 saturated heterocycles. The fourth-order valence-electron chi connectivity index (χ4n) is 3.04. The van der Waals surface area contributed by atoms with E-state index in [2.05, 4.69) is 18.4 Å². The minimum atomic E-state index is -0.668. The van der Waals surface area contributed by atoms with Crippen molar-refractivity contribution in [2.75, 3.05) is 0 Å². The zero-order valence-corrected chi connectivity index (χ0v) is 16.8. The molecule has 0 aliphatic rings. The minimum Gasteiger partial charge on any atom is -0.206 e. The molecule has 0 unspecified atom stereocenters. The van der Waals surface area contributed by atoms with Crippen molar-refractivity contribution in [2.24, 2.45) is 0 Å². The van der Waals surface area contributed by atoms with Gasteiger partial charge in [-0.1, -0.05) is 53.8 Å². The van der Waals surface area contributed by atoms with Crippen LogP contribution in [0.25, 0.3) is 11.1 Å². The van der Waals surface area contributed by atoms with E-state index < -0.39 is 11.6 Å². The highest BCUT2D eigenvalue weighted by molar-refractivity contribution is 6.30. The van der Waals surface area contributed by atoms with Gasteiger partial charge in [0.25, 0.3) is 0 Å². The van der Waals surface area contributed by atoms with Gasteiger partial charge in [0.1, 0.15) is 11.6 Å². The largest absolute Gasteiger partial charge is 0.206 e. The Morgan fingerprint density at radius 1 is 0.862 bits per heavy atom. The molecule has 3 aromatic carbocycles. The van der Waals surface area contributed by atoms with Crippen molar-refractivity contribution in [3.05, 3.63) is 107 Å². The second-order valence-electron chi connectivity index (χ2n) is 6.77. The first-order valence-corrected chi connectivity index (χ1v) is 9.92. The zero-order valence-electron chi connectivity index (χ0n) is 16.0. The van der Waals surface area contributed by atoms with Crippen LogP contribution in [0.1, 0.15) is 36.0 Å². The van der Waals surface area contributed by atoms with Crippen LogP contribution in [0, 0.1) is 23.5 Å². The molecule has 0 bridgehead atoms. The molecule has 0 saturated carbocycles. The maximum atomic E-state index is 14.9. The van der Waals surface area contributed by atoms with Crippen molar-refractivity contribution < 1.29 is 8.78 Å². The van der Waals surface area contributed by atoms with E-state index in [9.17, 15) is 8.78 Å². The molecule has 0 N–H and O–H groups in total. The molecular formula is C26H21ClF2. The average molecular weight is 407 g/mol. The summed E-state index contributed by atoms with van der Waals surface area (Å²) < 4.78 is 29.2. The maximum Gasteiger partial charge on any atom is 0.149 e. The number of aryl methyl sites for hydroxylation is 1. The summed E-state index contributed by atoms with van der Waals surface area (Å²) in [5, 5.41) is 0.509. The van der Waals surface area contributed by atoms with Crippen molar-refractivity contribution in [2.45, 2.75) is 25.7 Å². The summed E-state index contributed by atoms with van der Waals surface area (Å²) in [6.07, 6.45) is 6.23. The summed E-state index contributed by atoms with van der Waals surface area (Å²) in [6.45, 7) is 3.73. The van der Waals surface area contributed by atoms with Gasteiger partial charge in [-0.3, -0.25) is 0 Å². The van der Waals surface area contributed by atoms with Gasteiger partial charge in [0.15, 0.2) is 0 Å². The summed E-state index contributed by atoms with van der Waals surface area (Å²) in [6, 6.07) is 16.9. The van der Waals surface area contributed by atoms with Gasteiger partial charge in [0, 0.05) is 10.6 Å². The maximum absolute atomic E-state index is 14.9. The molecule has 3 rings (SSSR count). The number of hydrogen-bond donors (Lipinski definition) is 0. The number of unbranched alkanes of at least 4 members (excludes halogenated alkanes) is 2. The monoisotopic (exact) mass is 406 g/mol. The lowest BCUT2D eigenvalue weighted by molar-refractivity contribution is 0.587. The molecule has 29 heavy (non-hydrogen) atoms. The molecule has 0 amide bonds. The molecule has 0 nitrogen and oxygen atoms in total. The normalized spacial score (nSPS) is 10.3. The fourth-order valence-corrected chi connectivity index (χ4v) is 3.17. The van der Waals surface area contributed by atoms with Crippen LogP contribution in [0.4, 0.5) is 8.78 Å². The second kappa shape index (κ2) is 10.0. The third-order valence-electron chi connectivity index (χ3n) is 4.64. The highest BCUT2D eigenvalue weighted by Crippen LogP contribution is 2.29. The molecule has 0 radical (unpaired) electrons. The SMILES string of the molecule is C=CCCCCc1ccc(C#Cc2ccc(F)c(-c3ccc(Cl)cc3)c2F)cc1. The minimum absolute atomic E-state index is 0.0941. The van der Waals surface area contributed by atoms with Crippen molar-refractivity contribution in [1.82, 2.24) is 0 Å². The van der Waals surface area contributed by atoms with Gasteiger partial charge in [0.05, 0.1) is 11.1 Å². The highest BCUT2D eigenvalue weighted by Gasteiger charge is 2.14. The molecule has 3 aromatic rings. The van der Waals surface area contributed by atoms with Crippen LogP contribution in [0.15, 0.2) is 73.3 Å². The van der Waals surface area contributed by atoms with Crippen LogP contribution in [0.2, 0.25) is 5.02 Å². The van der Waals surface area contributed by atoms with Crippen LogP contribution >= 0.6 is 11.6 Å². The topological polar surface area (TPSA) is 0 Å². The van der Waals surface area contributed by atoms with E-state index in [0.717, 1.165) is 31.2 Å². The zero-order chi connectivity index (χ0) is 20.6. The van der Waals surface area contributed by atoms with Crippen molar-refractivity contribution in [3.8, 4) is 23.0 Å². The van der Waals surface area contributed by atoms with E-state index in [1.54, 1.807) is 24.3 Å². The second-order valence-corrected chi connectivity index (χ2v) is 7.21. The van der Waals surface area contributed by atoms with Crippen LogP contribution in [-0.4, -0.2) is 0 Å². The van der Waals surface area contributed by atoms with E-state index >= 15 is 0 Å². The summed E-state index contributed by atoms with van der Waals surface area (Å²) in [5.74, 6) is 4.50. The lowest BCUT2D eigenvalue weighted by atomic mass is 10.0. The number of allylic oxidation sites excluding steroid dienone is 1. The van der Waals surface area contributed by atoms with Crippen LogP contribution < -0.4 is 0 Å². The molecule has 0 fully saturated rings. The van der Waals surface area contributed by atoms with E-state index in [1.807, 2.05) is 30.3 Å². The number of halogens is 3. The Kier molecular flexibility index (Phi) is 7.22. The average Bonchev–Trinajstić information content (AvgIpc) is 2.73. The Morgan fingerprint density at radius 3 is 2.28 bits per heavy atom. The third kappa shape index (κ3) is 5.56. The summed E-state index contributed by atoms with van der Waals surface area (Å²) in [5.41, 5.74) is 2.52. The number of hydrogen-bond acceptors (Lipinski definition) is 0. The quantitative estimate of drug-likeness (QED) is 0.225. The molecule has 0 heterocycles. The summed E-state index contributed by atoms with van der Waals surface area (Å²) >= 11 is 5.87. The molecule has 0 atom stereocenters. The van der Waals surface area contributed by atoms with Gasteiger partial charge in [-0.25, -0.2) is 8.78 Å². The highest BCUT2D eigenvalue weighted by atomic mass is 35.5. The molecule has 146 valence electrons. The van der Waals surface area contributed by atoms with E-state index in [4.69, 9.17) is 11.6 Å². The molecule has 0 aliphatic carbocycles. The molecule has 0 aliphatic heterocycles. The fraction of sp³-hybridized carbons (Fsp3) is 0.154. The van der Waals surface area contributed by atoms with Crippen molar-refractivity contribution in [1.29, 1.82) is 0 Å². The Balaban J connectivity index is 1.79. The van der Waals surface area contributed by atoms with E-state index in [0.29, 0.717) is 10.6 Å². The lowest BCUT2D eigenvalue weighted by Gasteiger charge is -2.07. The Hall–Kier alpha value is -2.89. The van der Waals surface area contributed by atoms with E-state index in [-0.39, 0.29) is 11.1 Å². The Morgan fingerprint density at radius 2 is 1.59 bits per heavy atom. The van der Waals surface area contributed by atoms with Gasteiger partial charge < -0.3 is 0 Å². The van der Waals surface area contributed by atoms with Crippen molar-refractivity contribution in [3.63, 3.8) is 0 Å². The van der Waals surface area contributed by atoms with Crippen LogP contribution in [-0.2, 0) is 6.42 Å². The Labute approximate surface area is 175 Å². The van der Waals surface area contributed by atoms with E-state index in [1.165, 1.54) is 17.7 Å². The number of rotatable bonds is 6. The molecule has 0 spiro atoms. The van der Waals surface area contributed by atoms with Crippen molar-refractivity contribution >= 4 is 11.6 Å². The van der Waals surface area contributed by atoms with Gasteiger partial charge in [-0.15, -0.1) is 6.58 Å². The van der Waals surface area contributed by atoms with Gasteiger partial charge >= 0.3 is 0 Å². The van der Waals surface area contributed by atoms with Crippen LogP contribution in [0.5, 0.6) is 0 Å². The Bertz CT molecular complexity index is 1040. The molecule has 3 heteroatoms. The predicted molar refractivity (Wildman–Crippen MR) is 117 cm³/mol. The predicted octanol–water partition coefficient (Wildman–Crippen LogP) is 7.58. The first-order valence-electron chi connectivity index (χ1n) is 9.54. The smallest absolute Gasteiger partial charge is 0.149 e. The van der Waals surface area contributed by atoms with Gasteiger partial charge in [-0.05, 0) is 73.2 Å². The third-order valence-corrected chi connectivity index (χ3v) is 4.90. The summed E-state index contributed by atoms with van der Waals surface area (Å²) in [7, 11) is 0.